The normalized spacial score (nSPS) is 17.1. The number of aromatic nitrogens is 3. The third-order valence-corrected chi connectivity index (χ3v) is 3.19. The number of nitrogens with zero attached hydrogens (tertiary/aromatic N) is 4. The molecule has 1 fully saturated rings. The molecule has 92 valence electrons. The lowest BCUT2D eigenvalue weighted by molar-refractivity contribution is -0.135. The summed E-state index contributed by atoms with van der Waals surface area (Å²) in [5.74, 6) is 0.399. The number of likely N-dealkylation sites (tertiary alicyclic amines) is 1. The molecule has 2 heterocycles. The predicted molar refractivity (Wildman–Crippen MR) is 60.0 cm³/mol. The smallest absolute Gasteiger partial charge is 0.244 e. The summed E-state index contributed by atoms with van der Waals surface area (Å²) in [5, 5.41) is 3.90. The molecule has 1 aliphatic rings. The zero-order chi connectivity index (χ0) is 12.3. The Kier molecular flexibility index (Phi) is 3.51. The Labute approximate surface area is 99.6 Å². The van der Waals surface area contributed by atoms with Gasteiger partial charge in [-0.05, 0) is 19.8 Å². The number of piperidine rings is 1. The number of ketones is 1. The van der Waals surface area contributed by atoms with Crippen molar-refractivity contribution < 1.29 is 9.59 Å². The molecule has 1 saturated heterocycles. The van der Waals surface area contributed by atoms with Crippen LogP contribution in [0.15, 0.2) is 12.7 Å². The van der Waals surface area contributed by atoms with E-state index in [1.165, 1.54) is 17.3 Å². The molecule has 2 rings (SSSR count). The third-order valence-electron chi connectivity index (χ3n) is 3.19. The van der Waals surface area contributed by atoms with Gasteiger partial charge in [0, 0.05) is 19.0 Å². The molecular formula is C11H16N4O2. The molecule has 0 atom stereocenters. The maximum Gasteiger partial charge on any atom is 0.244 e. The average Bonchev–Trinajstić information content (AvgIpc) is 2.82. The van der Waals surface area contributed by atoms with Gasteiger partial charge in [0.05, 0.1) is 0 Å². The molecule has 1 amide bonds. The minimum absolute atomic E-state index is 0.0394. The maximum absolute atomic E-state index is 11.9. The molecule has 1 aromatic rings. The Morgan fingerprint density at radius 1 is 1.35 bits per heavy atom. The second-order valence-corrected chi connectivity index (χ2v) is 4.36. The van der Waals surface area contributed by atoms with Crippen molar-refractivity contribution >= 4 is 11.7 Å². The quantitative estimate of drug-likeness (QED) is 0.746. The van der Waals surface area contributed by atoms with Gasteiger partial charge >= 0.3 is 0 Å². The van der Waals surface area contributed by atoms with Crippen molar-refractivity contribution in [1.82, 2.24) is 19.7 Å². The molecule has 1 aromatic heterocycles. The fraction of sp³-hybridized carbons (Fsp3) is 0.636. The Morgan fingerprint density at radius 3 is 2.59 bits per heavy atom. The number of hydrogen-bond donors (Lipinski definition) is 0. The van der Waals surface area contributed by atoms with E-state index in [9.17, 15) is 9.59 Å². The van der Waals surface area contributed by atoms with Crippen LogP contribution in [-0.4, -0.2) is 44.4 Å². The molecule has 0 bridgehead atoms. The summed E-state index contributed by atoms with van der Waals surface area (Å²) < 4.78 is 1.51. The first-order valence-corrected chi connectivity index (χ1v) is 5.77. The Balaban J connectivity index is 1.84. The van der Waals surface area contributed by atoms with Gasteiger partial charge in [-0.2, -0.15) is 5.10 Å². The summed E-state index contributed by atoms with van der Waals surface area (Å²) in [6.45, 7) is 3.18. The van der Waals surface area contributed by atoms with Crippen LogP contribution in [-0.2, 0) is 16.1 Å². The van der Waals surface area contributed by atoms with Crippen LogP contribution in [0, 0.1) is 5.92 Å². The molecular weight excluding hydrogens is 220 g/mol. The Hall–Kier alpha value is -1.72. The van der Waals surface area contributed by atoms with Crippen LogP contribution in [0.2, 0.25) is 0 Å². The van der Waals surface area contributed by atoms with Crippen molar-refractivity contribution in [3.63, 3.8) is 0 Å². The molecule has 6 nitrogen and oxygen atoms in total. The second kappa shape index (κ2) is 5.07. The van der Waals surface area contributed by atoms with Gasteiger partial charge in [-0.15, -0.1) is 0 Å². The van der Waals surface area contributed by atoms with E-state index in [4.69, 9.17) is 0 Å². The third kappa shape index (κ3) is 2.89. The largest absolute Gasteiger partial charge is 0.341 e. The summed E-state index contributed by atoms with van der Waals surface area (Å²) in [4.78, 5) is 28.7. The van der Waals surface area contributed by atoms with Gasteiger partial charge < -0.3 is 4.90 Å². The molecule has 0 aromatic carbocycles. The first-order valence-electron chi connectivity index (χ1n) is 5.77. The zero-order valence-electron chi connectivity index (χ0n) is 9.87. The fourth-order valence-electron chi connectivity index (χ4n) is 2.09. The molecule has 0 unspecified atom stereocenters. The predicted octanol–water partition coefficient (Wildman–Crippen LogP) is 0.106. The second-order valence-electron chi connectivity index (χ2n) is 4.36. The number of amides is 1. The lowest BCUT2D eigenvalue weighted by Gasteiger charge is -2.30. The number of Topliss-reactive ketones (excluding diaryl/α,β-unsaturated/α-hetero) is 1. The standard InChI is InChI=1S/C11H16N4O2/c1-9(16)10-2-4-14(5-3-10)11(17)6-15-8-12-7-13-15/h7-8,10H,2-6H2,1H3. The van der Waals surface area contributed by atoms with Crippen molar-refractivity contribution in [1.29, 1.82) is 0 Å². The van der Waals surface area contributed by atoms with Gasteiger partial charge in [-0.3, -0.25) is 9.59 Å². The summed E-state index contributed by atoms with van der Waals surface area (Å²) >= 11 is 0. The van der Waals surface area contributed by atoms with Crippen molar-refractivity contribution in [2.45, 2.75) is 26.3 Å². The monoisotopic (exact) mass is 236 g/mol. The van der Waals surface area contributed by atoms with Gasteiger partial charge in [0.25, 0.3) is 0 Å². The highest BCUT2D eigenvalue weighted by Crippen LogP contribution is 2.18. The molecule has 0 spiro atoms. The molecule has 0 N–H and O–H groups in total. The van der Waals surface area contributed by atoms with Crippen molar-refractivity contribution in [3.05, 3.63) is 12.7 Å². The van der Waals surface area contributed by atoms with Gasteiger partial charge in [0.2, 0.25) is 5.91 Å². The van der Waals surface area contributed by atoms with E-state index in [0.717, 1.165) is 12.8 Å². The zero-order valence-corrected chi connectivity index (χ0v) is 9.87. The first kappa shape index (κ1) is 11.8. The molecule has 0 saturated carbocycles. The SMILES string of the molecule is CC(=O)C1CCN(C(=O)Cn2cncn2)CC1. The van der Waals surface area contributed by atoms with Crippen LogP contribution in [0.3, 0.4) is 0 Å². The Morgan fingerprint density at radius 2 is 2.06 bits per heavy atom. The molecule has 0 aliphatic carbocycles. The van der Waals surface area contributed by atoms with Gasteiger partial charge in [0.1, 0.15) is 25.0 Å². The van der Waals surface area contributed by atoms with Crippen LogP contribution >= 0.6 is 0 Å². The van der Waals surface area contributed by atoms with Crippen LogP contribution in [0.25, 0.3) is 0 Å². The number of carbonyl (C=O) groups excluding carboxylic acids is 2. The van der Waals surface area contributed by atoms with Crippen LogP contribution in [0.4, 0.5) is 0 Å². The molecule has 1 aliphatic heterocycles. The lowest BCUT2D eigenvalue weighted by Crippen LogP contribution is -2.41. The highest BCUT2D eigenvalue weighted by atomic mass is 16.2. The fourth-order valence-corrected chi connectivity index (χ4v) is 2.09. The van der Waals surface area contributed by atoms with E-state index in [0.29, 0.717) is 13.1 Å². The average molecular weight is 236 g/mol. The minimum atomic E-state index is 0.0394. The van der Waals surface area contributed by atoms with Crippen molar-refractivity contribution in [2.24, 2.45) is 5.92 Å². The number of rotatable bonds is 3. The molecule has 0 radical (unpaired) electrons. The van der Waals surface area contributed by atoms with E-state index in [-0.39, 0.29) is 24.2 Å². The number of carbonyl (C=O) groups is 2. The number of hydrogen-bond acceptors (Lipinski definition) is 4. The lowest BCUT2D eigenvalue weighted by atomic mass is 9.93. The van der Waals surface area contributed by atoms with Crippen molar-refractivity contribution in [2.75, 3.05) is 13.1 Å². The Bertz CT molecular complexity index is 394. The maximum atomic E-state index is 11.9. The van der Waals surface area contributed by atoms with Crippen LogP contribution in [0.5, 0.6) is 0 Å². The van der Waals surface area contributed by atoms with Crippen molar-refractivity contribution in [3.8, 4) is 0 Å². The summed E-state index contributed by atoms with van der Waals surface area (Å²) in [5.41, 5.74) is 0. The summed E-state index contributed by atoms with van der Waals surface area (Å²) in [6, 6.07) is 0. The summed E-state index contributed by atoms with van der Waals surface area (Å²) in [6.07, 6.45) is 4.49. The van der Waals surface area contributed by atoms with E-state index in [1.807, 2.05) is 0 Å². The highest BCUT2D eigenvalue weighted by molar-refractivity contribution is 5.79. The van der Waals surface area contributed by atoms with Crippen LogP contribution in [0.1, 0.15) is 19.8 Å². The first-order chi connectivity index (χ1) is 8.16. The van der Waals surface area contributed by atoms with Crippen LogP contribution < -0.4 is 0 Å². The van der Waals surface area contributed by atoms with E-state index < -0.39 is 0 Å². The minimum Gasteiger partial charge on any atom is -0.341 e. The summed E-state index contributed by atoms with van der Waals surface area (Å²) in [7, 11) is 0. The van der Waals surface area contributed by atoms with E-state index in [2.05, 4.69) is 10.1 Å². The molecule has 17 heavy (non-hydrogen) atoms. The topological polar surface area (TPSA) is 68.1 Å². The van der Waals surface area contributed by atoms with E-state index in [1.54, 1.807) is 11.8 Å². The van der Waals surface area contributed by atoms with E-state index >= 15 is 0 Å². The molecule has 6 heteroatoms. The highest BCUT2D eigenvalue weighted by Gasteiger charge is 2.25. The van der Waals surface area contributed by atoms with Gasteiger partial charge in [0.15, 0.2) is 0 Å². The van der Waals surface area contributed by atoms with Gasteiger partial charge in [-0.1, -0.05) is 0 Å². The van der Waals surface area contributed by atoms with Gasteiger partial charge in [-0.25, -0.2) is 9.67 Å².